The highest BCUT2D eigenvalue weighted by molar-refractivity contribution is 5.96. The molecule has 2 N–H and O–H groups in total. The van der Waals surface area contributed by atoms with Crippen LogP contribution in [0.1, 0.15) is 27.2 Å². The van der Waals surface area contributed by atoms with Gasteiger partial charge in [0.25, 0.3) is 0 Å². The molecule has 0 unspecified atom stereocenters. The lowest BCUT2D eigenvalue weighted by Crippen LogP contribution is -2.30. The molecule has 88 valence electrons. The van der Waals surface area contributed by atoms with Gasteiger partial charge in [-0.2, -0.15) is 0 Å². The monoisotopic (exact) mass is 220 g/mol. The number of amides is 1. The normalized spacial score (nSPS) is 11.2. The van der Waals surface area contributed by atoms with Crippen molar-refractivity contribution in [3.05, 3.63) is 24.3 Å². The summed E-state index contributed by atoms with van der Waals surface area (Å²) in [5.74, 6) is 0.0883. The molecule has 0 fully saturated rings. The van der Waals surface area contributed by atoms with E-state index >= 15 is 0 Å². The van der Waals surface area contributed by atoms with E-state index < -0.39 is 0 Å². The smallest absolute Gasteiger partial charge is 0.227 e. The summed E-state index contributed by atoms with van der Waals surface area (Å²) in [7, 11) is 1.76. The van der Waals surface area contributed by atoms with Gasteiger partial charge in [-0.3, -0.25) is 4.79 Å². The van der Waals surface area contributed by atoms with Gasteiger partial charge in [0.2, 0.25) is 5.91 Å². The fourth-order valence-corrected chi connectivity index (χ4v) is 1.50. The highest BCUT2D eigenvalue weighted by Crippen LogP contribution is 2.25. The van der Waals surface area contributed by atoms with E-state index in [1.54, 1.807) is 18.0 Å². The minimum atomic E-state index is -0.00507. The first kappa shape index (κ1) is 12.6. The highest BCUT2D eigenvalue weighted by Gasteiger charge is 2.20. The van der Waals surface area contributed by atoms with Crippen molar-refractivity contribution in [2.24, 2.45) is 5.41 Å². The summed E-state index contributed by atoms with van der Waals surface area (Å²) in [6.07, 6.45) is 0.512. The number of nitrogens with two attached hydrogens (primary N) is 1. The van der Waals surface area contributed by atoms with E-state index in [1.807, 2.05) is 39.0 Å². The summed E-state index contributed by atoms with van der Waals surface area (Å²) in [6.45, 7) is 6.15. The Morgan fingerprint density at radius 1 is 1.31 bits per heavy atom. The number of rotatable bonds is 2. The number of nitrogen functional groups attached to an aromatic ring is 1. The van der Waals surface area contributed by atoms with Crippen LogP contribution in [0.25, 0.3) is 0 Å². The number of hydrogen-bond acceptors (Lipinski definition) is 2. The zero-order chi connectivity index (χ0) is 12.3. The van der Waals surface area contributed by atoms with Gasteiger partial charge < -0.3 is 10.6 Å². The van der Waals surface area contributed by atoms with Crippen molar-refractivity contribution in [1.82, 2.24) is 0 Å². The van der Waals surface area contributed by atoms with Crippen LogP contribution >= 0.6 is 0 Å². The largest absolute Gasteiger partial charge is 0.397 e. The minimum Gasteiger partial charge on any atom is -0.397 e. The number of benzene rings is 1. The Morgan fingerprint density at radius 2 is 1.88 bits per heavy atom. The van der Waals surface area contributed by atoms with E-state index in [4.69, 9.17) is 5.73 Å². The molecule has 3 heteroatoms. The van der Waals surface area contributed by atoms with Crippen molar-refractivity contribution < 1.29 is 4.79 Å². The third kappa shape index (κ3) is 3.26. The Labute approximate surface area is 97.2 Å². The van der Waals surface area contributed by atoms with E-state index in [-0.39, 0.29) is 11.3 Å². The molecule has 0 atom stereocenters. The summed E-state index contributed by atoms with van der Waals surface area (Å²) < 4.78 is 0. The maximum atomic E-state index is 12.0. The second-order valence-corrected chi connectivity index (χ2v) is 5.25. The topological polar surface area (TPSA) is 46.3 Å². The molecule has 0 aliphatic carbocycles. The van der Waals surface area contributed by atoms with Gasteiger partial charge in [0, 0.05) is 13.5 Å². The van der Waals surface area contributed by atoms with Gasteiger partial charge >= 0.3 is 0 Å². The average Bonchev–Trinajstić information content (AvgIpc) is 2.15. The molecule has 0 radical (unpaired) electrons. The quantitative estimate of drug-likeness (QED) is 0.779. The second kappa shape index (κ2) is 4.56. The first-order chi connectivity index (χ1) is 7.31. The lowest BCUT2D eigenvalue weighted by Gasteiger charge is -2.24. The van der Waals surface area contributed by atoms with Crippen molar-refractivity contribution in [3.63, 3.8) is 0 Å². The first-order valence-electron chi connectivity index (χ1n) is 5.42. The summed E-state index contributed by atoms with van der Waals surface area (Å²) in [5.41, 5.74) is 7.23. The van der Waals surface area contributed by atoms with Crippen LogP contribution in [-0.4, -0.2) is 13.0 Å². The summed E-state index contributed by atoms with van der Waals surface area (Å²) in [4.78, 5) is 13.6. The molecule has 0 bridgehead atoms. The number of nitrogens with zero attached hydrogens (tertiary/aromatic N) is 1. The predicted molar refractivity (Wildman–Crippen MR) is 68.3 cm³/mol. The molecule has 1 aromatic rings. The molecule has 0 saturated carbocycles. The van der Waals surface area contributed by atoms with Crippen LogP contribution in [0, 0.1) is 5.41 Å². The van der Waals surface area contributed by atoms with E-state index in [2.05, 4.69) is 0 Å². The summed E-state index contributed by atoms with van der Waals surface area (Å²) >= 11 is 0. The van der Waals surface area contributed by atoms with Gasteiger partial charge in [0.1, 0.15) is 0 Å². The first-order valence-corrected chi connectivity index (χ1v) is 5.42. The molecule has 0 spiro atoms. The van der Waals surface area contributed by atoms with Gasteiger partial charge in [0.05, 0.1) is 11.4 Å². The maximum absolute atomic E-state index is 12.0. The molecule has 3 nitrogen and oxygen atoms in total. The van der Waals surface area contributed by atoms with E-state index in [9.17, 15) is 4.79 Å². The van der Waals surface area contributed by atoms with Gasteiger partial charge in [-0.15, -0.1) is 0 Å². The van der Waals surface area contributed by atoms with Crippen LogP contribution in [0.4, 0.5) is 11.4 Å². The lowest BCUT2D eigenvalue weighted by molar-refractivity contribution is -0.119. The SMILES string of the molecule is CN(C(=O)CC(C)(C)C)c1ccccc1N. The van der Waals surface area contributed by atoms with Crippen LogP contribution < -0.4 is 10.6 Å². The highest BCUT2D eigenvalue weighted by atomic mass is 16.2. The van der Waals surface area contributed by atoms with Crippen LogP contribution in [0.2, 0.25) is 0 Å². The Hall–Kier alpha value is -1.51. The molecule has 0 heterocycles. The maximum Gasteiger partial charge on any atom is 0.227 e. The van der Waals surface area contributed by atoms with Crippen molar-refractivity contribution in [2.45, 2.75) is 27.2 Å². The summed E-state index contributed by atoms with van der Waals surface area (Å²) in [5, 5.41) is 0. The minimum absolute atomic E-state index is 0.00507. The van der Waals surface area contributed by atoms with Gasteiger partial charge in [-0.25, -0.2) is 0 Å². The Balaban J connectivity index is 2.83. The molecule has 0 aliphatic heterocycles. The zero-order valence-corrected chi connectivity index (χ0v) is 10.4. The summed E-state index contributed by atoms with van der Waals surface area (Å²) in [6, 6.07) is 7.40. The third-order valence-electron chi connectivity index (χ3n) is 2.35. The van der Waals surface area contributed by atoms with E-state index in [0.717, 1.165) is 5.69 Å². The number of hydrogen-bond donors (Lipinski definition) is 1. The Morgan fingerprint density at radius 3 is 2.38 bits per heavy atom. The Bertz CT molecular complexity index is 380. The number of carbonyl (C=O) groups is 1. The number of carbonyl (C=O) groups excluding carboxylic acids is 1. The fourth-order valence-electron chi connectivity index (χ4n) is 1.50. The molecule has 1 aromatic carbocycles. The van der Waals surface area contributed by atoms with Crippen LogP contribution in [0.5, 0.6) is 0 Å². The Kier molecular flexibility index (Phi) is 3.58. The van der Waals surface area contributed by atoms with Crippen molar-refractivity contribution >= 4 is 17.3 Å². The van der Waals surface area contributed by atoms with Crippen LogP contribution in [-0.2, 0) is 4.79 Å². The molecule has 1 rings (SSSR count). The van der Waals surface area contributed by atoms with Crippen molar-refractivity contribution in [1.29, 1.82) is 0 Å². The fraction of sp³-hybridized carbons (Fsp3) is 0.462. The second-order valence-electron chi connectivity index (χ2n) is 5.25. The van der Waals surface area contributed by atoms with Crippen molar-refractivity contribution in [2.75, 3.05) is 17.7 Å². The number of anilines is 2. The molecule has 1 amide bonds. The van der Waals surface area contributed by atoms with Crippen molar-refractivity contribution in [3.8, 4) is 0 Å². The zero-order valence-electron chi connectivity index (χ0n) is 10.4. The van der Waals surface area contributed by atoms with E-state index in [0.29, 0.717) is 12.1 Å². The predicted octanol–water partition coefficient (Wildman–Crippen LogP) is 2.67. The third-order valence-corrected chi connectivity index (χ3v) is 2.35. The van der Waals surface area contributed by atoms with Gasteiger partial charge in [-0.05, 0) is 17.5 Å². The lowest BCUT2D eigenvalue weighted by atomic mass is 9.91. The van der Waals surface area contributed by atoms with Crippen LogP contribution in [0.3, 0.4) is 0 Å². The molecule has 0 saturated heterocycles. The molecule has 16 heavy (non-hydrogen) atoms. The van der Waals surface area contributed by atoms with Gasteiger partial charge in [0.15, 0.2) is 0 Å². The average molecular weight is 220 g/mol. The van der Waals surface area contributed by atoms with E-state index in [1.165, 1.54) is 0 Å². The van der Waals surface area contributed by atoms with Crippen LogP contribution in [0.15, 0.2) is 24.3 Å². The van der Waals surface area contributed by atoms with Gasteiger partial charge in [-0.1, -0.05) is 32.9 Å². The standard InChI is InChI=1S/C13H20N2O/c1-13(2,3)9-12(16)15(4)11-8-6-5-7-10(11)14/h5-8H,9,14H2,1-4H3. The molecule has 0 aromatic heterocycles. The molecular weight excluding hydrogens is 200 g/mol. The number of para-hydroxylation sites is 2. The molecular formula is C13H20N2O. The molecule has 0 aliphatic rings.